The van der Waals surface area contributed by atoms with Gasteiger partial charge in [0.1, 0.15) is 5.82 Å². The summed E-state index contributed by atoms with van der Waals surface area (Å²) in [5, 5.41) is 3.90. The van der Waals surface area contributed by atoms with Crippen LogP contribution in [-0.4, -0.2) is 30.0 Å². The number of nitrogens with zero attached hydrogens (tertiary/aromatic N) is 2. The topological polar surface area (TPSA) is 28.2 Å². The van der Waals surface area contributed by atoms with Crippen LogP contribution in [0.1, 0.15) is 69.6 Å². The van der Waals surface area contributed by atoms with Crippen LogP contribution in [0.25, 0.3) is 16.8 Å². The quantitative estimate of drug-likeness (QED) is 0.322. The molecule has 202 valence electrons. The van der Waals surface area contributed by atoms with E-state index in [1.165, 1.54) is 28.0 Å². The Bertz CT molecular complexity index is 1180. The molecule has 2 heterocycles. The number of piperidine rings is 1. The van der Waals surface area contributed by atoms with Crippen molar-refractivity contribution in [2.45, 2.75) is 59.8 Å². The van der Waals surface area contributed by atoms with Crippen molar-refractivity contribution in [1.82, 2.24) is 9.88 Å². The van der Waals surface area contributed by atoms with Gasteiger partial charge in [0.05, 0.1) is 0 Å². The summed E-state index contributed by atoms with van der Waals surface area (Å²) in [5.74, 6) is 1.49. The zero-order valence-electron chi connectivity index (χ0n) is 24.0. The lowest BCUT2D eigenvalue weighted by Crippen LogP contribution is -2.31. The van der Waals surface area contributed by atoms with Crippen molar-refractivity contribution in [3.63, 3.8) is 0 Å². The van der Waals surface area contributed by atoms with E-state index < -0.39 is 0 Å². The minimum atomic E-state index is 0.608. The molecule has 1 fully saturated rings. The Morgan fingerprint density at radius 3 is 2.29 bits per heavy atom. The van der Waals surface area contributed by atoms with E-state index in [0.29, 0.717) is 5.92 Å². The number of rotatable bonds is 6. The zero-order chi connectivity index (χ0) is 27.9. The van der Waals surface area contributed by atoms with E-state index >= 15 is 0 Å². The van der Waals surface area contributed by atoms with Crippen molar-refractivity contribution in [2.24, 2.45) is 0 Å². The number of aryl methyl sites for hydroxylation is 1. The van der Waals surface area contributed by atoms with Crippen LogP contribution in [-0.2, 0) is 0 Å². The molecule has 0 aliphatic carbocycles. The first-order chi connectivity index (χ1) is 18.5. The zero-order valence-corrected chi connectivity index (χ0v) is 24.8. The van der Waals surface area contributed by atoms with E-state index in [4.69, 9.17) is 11.6 Å². The third-order valence-corrected chi connectivity index (χ3v) is 6.89. The van der Waals surface area contributed by atoms with Crippen LogP contribution in [0.3, 0.4) is 0 Å². The molecule has 0 spiro atoms. The summed E-state index contributed by atoms with van der Waals surface area (Å²) >= 11 is 6.08. The van der Waals surface area contributed by atoms with Gasteiger partial charge < -0.3 is 10.2 Å². The monoisotopic (exact) mass is 529 g/mol. The standard InChI is InChI=1S/C28H32ClN3.C4H6.C2H6/c1-4-5-27(32-16-14-22(15-17-32)21-8-11-25(29)12-9-21)23-7-6-20(2)26(18-23)24-10-13-28(30-3)31-19-24;1-3-4-2;1-2/h5-13,18-19,22H,4,14-17H2,1-3H3,(H,30,31);4H,1H2,2H3;1-2H3. The Labute approximate surface area is 236 Å². The Kier molecular flexibility index (Phi) is 13.5. The summed E-state index contributed by atoms with van der Waals surface area (Å²) in [6, 6.07) is 19.4. The Morgan fingerprint density at radius 2 is 1.76 bits per heavy atom. The second kappa shape index (κ2) is 16.6. The number of hydrogen-bond acceptors (Lipinski definition) is 3. The molecule has 0 radical (unpaired) electrons. The van der Waals surface area contributed by atoms with E-state index in [1.807, 2.05) is 52.2 Å². The van der Waals surface area contributed by atoms with Gasteiger partial charge in [0, 0.05) is 42.6 Å². The van der Waals surface area contributed by atoms with Gasteiger partial charge in [0.15, 0.2) is 0 Å². The number of benzene rings is 2. The van der Waals surface area contributed by atoms with Crippen LogP contribution in [0.2, 0.25) is 5.02 Å². The number of allylic oxidation sites excluding steroid dienone is 2. The molecule has 1 aromatic heterocycles. The molecule has 3 nitrogen and oxygen atoms in total. The van der Waals surface area contributed by atoms with Gasteiger partial charge in [-0.05, 0) is 97.7 Å². The minimum Gasteiger partial charge on any atom is -0.373 e. The normalized spacial score (nSPS) is 13.3. The van der Waals surface area contributed by atoms with Gasteiger partial charge in [-0.2, -0.15) is 0 Å². The van der Waals surface area contributed by atoms with Crippen molar-refractivity contribution in [2.75, 3.05) is 25.5 Å². The van der Waals surface area contributed by atoms with Crippen LogP contribution in [0.15, 0.2) is 85.3 Å². The summed E-state index contributed by atoms with van der Waals surface area (Å²) in [6.07, 6.45) is 9.44. The van der Waals surface area contributed by atoms with Gasteiger partial charge in [-0.15, -0.1) is 5.73 Å². The van der Waals surface area contributed by atoms with Gasteiger partial charge in [0.25, 0.3) is 0 Å². The predicted octanol–water partition coefficient (Wildman–Crippen LogP) is 9.76. The highest BCUT2D eigenvalue weighted by Crippen LogP contribution is 2.34. The Hall–Kier alpha value is -3.26. The maximum absolute atomic E-state index is 6.08. The molecule has 1 N–H and O–H groups in total. The fraction of sp³-hybridized carbons (Fsp3) is 0.353. The molecule has 0 bridgehead atoms. The van der Waals surface area contributed by atoms with Crippen LogP contribution in [0.4, 0.5) is 5.82 Å². The Balaban J connectivity index is 0.000000773. The van der Waals surface area contributed by atoms with Gasteiger partial charge >= 0.3 is 0 Å². The van der Waals surface area contributed by atoms with Crippen molar-refractivity contribution in [3.8, 4) is 11.1 Å². The van der Waals surface area contributed by atoms with Crippen LogP contribution >= 0.6 is 11.6 Å². The summed E-state index contributed by atoms with van der Waals surface area (Å²) < 4.78 is 0. The average Bonchev–Trinajstić information content (AvgIpc) is 2.98. The number of aromatic nitrogens is 1. The van der Waals surface area contributed by atoms with Crippen molar-refractivity contribution in [3.05, 3.63) is 107 Å². The second-order valence-corrected chi connectivity index (χ2v) is 9.45. The SMILES string of the molecule is C=C=CC.CC.CCC=C(c1ccc(C)c(-c2ccc(NC)nc2)c1)N1CCC(c2ccc(Cl)cc2)CC1. The number of nitrogens with one attached hydrogen (secondary N) is 1. The Morgan fingerprint density at radius 1 is 1.11 bits per heavy atom. The summed E-state index contributed by atoms with van der Waals surface area (Å²) in [5.41, 5.74) is 10.3. The highest BCUT2D eigenvalue weighted by Gasteiger charge is 2.23. The van der Waals surface area contributed by atoms with Crippen LogP contribution in [0, 0.1) is 6.92 Å². The number of anilines is 1. The highest BCUT2D eigenvalue weighted by atomic mass is 35.5. The third-order valence-electron chi connectivity index (χ3n) is 6.64. The lowest BCUT2D eigenvalue weighted by molar-refractivity contribution is 0.298. The lowest BCUT2D eigenvalue weighted by atomic mass is 9.88. The fourth-order valence-electron chi connectivity index (χ4n) is 4.60. The number of halogens is 1. The summed E-state index contributed by atoms with van der Waals surface area (Å²) in [4.78, 5) is 7.08. The van der Waals surface area contributed by atoms with Crippen LogP contribution in [0.5, 0.6) is 0 Å². The van der Waals surface area contributed by atoms with Gasteiger partial charge in [0.2, 0.25) is 0 Å². The summed E-state index contributed by atoms with van der Waals surface area (Å²) in [7, 11) is 1.89. The molecule has 1 aliphatic heterocycles. The van der Waals surface area contributed by atoms with Crippen LogP contribution < -0.4 is 5.32 Å². The van der Waals surface area contributed by atoms with E-state index in [2.05, 4.69) is 83.8 Å². The fourth-order valence-corrected chi connectivity index (χ4v) is 4.73. The molecule has 0 atom stereocenters. The molecule has 0 saturated carbocycles. The molecule has 1 aliphatic rings. The van der Waals surface area contributed by atoms with E-state index in [0.717, 1.165) is 48.8 Å². The molecule has 4 heteroatoms. The molecule has 0 unspecified atom stereocenters. The smallest absolute Gasteiger partial charge is 0.125 e. The predicted molar refractivity (Wildman–Crippen MR) is 168 cm³/mol. The third kappa shape index (κ3) is 8.65. The molecule has 3 aromatic rings. The van der Waals surface area contributed by atoms with Gasteiger partial charge in [-0.1, -0.05) is 69.3 Å². The first-order valence-corrected chi connectivity index (χ1v) is 14.1. The van der Waals surface area contributed by atoms with E-state index in [-0.39, 0.29) is 0 Å². The number of pyridine rings is 1. The number of hydrogen-bond donors (Lipinski definition) is 1. The molecule has 0 amide bonds. The van der Waals surface area contributed by atoms with Crippen molar-refractivity contribution < 1.29 is 0 Å². The van der Waals surface area contributed by atoms with Crippen molar-refractivity contribution in [1.29, 1.82) is 0 Å². The van der Waals surface area contributed by atoms with Gasteiger partial charge in [-0.3, -0.25) is 0 Å². The molecule has 2 aromatic carbocycles. The second-order valence-electron chi connectivity index (χ2n) is 9.02. The molecular formula is C34H44ClN3. The summed E-state index contributed by atoms with van der Waals surface area (Å²) in [6.45, 7) is 15.7. The molecular weight excluding hydrogens is 486 g/mol. The van der Waals surface area contributed by atoms with E-state index in [1.54, 1.807) is 6.08 Å². The largest absolute Gasteiger partial charge is 0.373 e. The average molecular weight is 530 g/mol. The number of likely N-dealkylation sites (tertiary alicyclic amines) is 1. The molecule has 38 heavy (non-hydrogen) atoms. The highest BCUT2D eigenvalue weighted by molar-refractivity contribution is 6.30. The lowest BCUT2D eigenvalue weighted by Gasteiger charge is -2.36. The molecule has 1 saturated heterocycles. The minimum absolute atomic E-state index is 0.608. The molecule has 4 rings (SSSR count). The van der Waals surface area contributed by atoms with E-state index in [9.17, 15) is 0 Å². The first-order valence-electron chi connectivity index (χ1n) is 13.8. The van der Waals surface area contributed by atoms with Crippen molar-refractivity contribution >= 4 is 23.1 Å². The first kappa shape index (κ1) is 31.0. The maximum atomic E-state index is 6.08. The maximum Gasteiger partial charge on any atom is 0.125 e. The van der Waals surface area contributed by atoms with Gasteiger partial charge in [-0.25, -0.2) is 4.98 Å².